The molecule has 0 unspecified atom stereocenters. The van der Waals surface area contributed by atoms with E-state index in [0.717, 1.165) is 13.1 Å². The van der Waals surface area contributed by atoms with E-state index >= 15 is 0 Å². The van der Waals surface area contributed by atoms with Gasteiger partial charge in [-0.05, 0) is 31.3 Å². The Morgan fingerprint density at radius 1 is 1.19 bits per heavy atom. The molecule has 26 heavy (non-hydrogen) atoms. The molecule has 1 saturated heterocycles. The SMILES string of the molecule is CN1CCN(c2nc(CCC(=O)O)cn(-c3ccc(F)cc3)c2=O)CC1. The van der Waals surface area contributed by atoms with Gasteiger partial charge in [0.05, 0.1) is 12.1 Å². The molecule has 1 aromatic heterocycles. The van der Waals surface area contributed by atoms with Gasteiger partial charge in [0.15, 0.2) is 5.82 Å². The van der Waals surface area contributed by atoms with Gasteiger partial charge >= 0.3 is 5.97 Å². The number of carboxylic acid groups (broad SMARTS) is 1. The summed E-state index contributed by atoms with van der Waals surface area (Å²) in [6, 6.07) is 5.61. The molecule has 0 bridgehead atoms. The number of piperazine rings is 1. The molecule has 0 radical (unpaired) electrons. The van der Waals surface area contributed by atoms with Gasteiger partial charge in [0, 0.05) is 44.5 Å². The number of aryl methyl sites for hydroxylation is 1. The van der Waals surface area contributed by atoms with E-state index in [2.05, 4.69) is 9.88 Å². The Balaban J connectivity index is 2.03. The first-order valence-corrected chi connectivity index (χ1v) is 8.48. The number of aliphatic carboxylic acids is 1. The number of rotatable bonds is 5. The molecule has 138 valence electrons. The highest BCUT2D eigenvalue weighted by atomic mass is 19.1. The molecule has 2 aromatic rings. The Kier molecular flexibility index (Phi) is 5.32. The molecular formula is C18H21FN4O3. The summed E-state index contributed by atoms with van der Waals surface area (Å²) in [6.45, 7) is 2.98. The molecule has 0 atom stereocenters. The van der Waals surface area contributed by atoms with Crippen LogP contribution in [0.3, 0.4) is 0 Å². The molecule has 0 spiro atoms. The van der Waals surface area contributed by atoms with Gasteiger partial charge in [0.1, 0.15) is 5.82 Å². The Hall–Kier alpha value is -2.74. The van der Waals surface area contributed by atoms with Crippen LogP contribution in [0.4, 0.5) is 10.2 Å². The predicted molar refractivity (Wildman–Crippen MR) is 95.5 cm³/mol. The molecule has 1 aromatic carbocycles. The van der Waals surface area contributed by atoms with Gasteiger partial charge in [-0.2, -0.15) is 0 Å². The molecule has 0 amide bonds. The van der Waals surface area contributed by atoms with E-state index in [-0.39, 0.29) is 24.2 Å². The molecule has 3 rings (SSSR count). The van der Waals surface area contributed by atoms with E-state index in [4.69, 9.17) is 5.11 Å². The zero-order chi connectivity index (χ0) is 18.7. The number of halogens is 1. The van der Waals surface area contributed by atoms with Gasteiger partial charge in [-0.3, -0.25) is 14.2 Å². The van der Waals surface area contributed by atoms with Crippen LogP contribution < -0.4 is 10.5 Å². The zero-order valence-corrected chi connectivity index (χ0v) is 14.6. The lowest BCUT2D eigenvalue weighted by molar-refractivity contribution is -0.136. The average molecular weight is 360 g/mol. The van der Waals surface area contributed by atoms with Crippen LogP contribution in [0, 0.1) is 5.82 Å². The van der Waals surface area contributed by atoms with Gasteiger partial charge in [0.25, 0.3) is 5.56 Å². The van der Waals surface area contributed by atoms with Crippen LogP contribution >= 0.6 is 0 Å². The smallest absolute Gasteiger partial charge is 0.303 e. The summed E-state index contributed by atoms with van der Waals surface area (Å²) in [5, 5.41) is 8.94. The molecule has 2 heterocycles. The minimum atomic E-state index is -0.924. The molecular weight excluding hydrogens is 339 g/mol. The van der Waals surface area contributed by atoms with E-state index in [0.29, 0.717) is 30.3 Å². The summed E-state index contributed by atoms with van der Waals surface area (Å²) in [5.74, 6) is -1.00. The number of hydrogen-bond donors (Lipinski definition) is 1. The Bertz CT molecular complexity index is 843. The first kappa shape index (κ1) is 18.1. The van der Waals surface area contributed by atoms with Gasteiger partial charge in [0.2, 0.25) is 0 Å². The quantitative estimate of drug-likeness (QED) is 0.862. The van der Waals surface area contributed by atoms with Crippen LogP contribution in [0.25, 0.3) is 5.69 Å². The number of aromatic nitrogens is 2. The zero-order valence-electron chi connectivity index (χ0n) is 14.6. The Labute approximate surface area is 150 Å². The van der Waals surface area contributed by atoms with Crippen molar-refractivity contribution in [2.75, 3.05) is 38.1 Å². The summed E-state index contributed by atoms with van der Waals surface area (Å²) >= 11 is 0. The number of carboxylic acids is 1. The Morgan fingerprint density at radius 3 is 2.46 bits per heavy atom. The third-order valence-corrected chi connectivity index (χ3v) is 4.44. The highest BCUT2D eigenvalue weighted by Crippen LogP contribution is 2.14. The third kappa shape index (κ3) is 4.08. The summed E-state index contributed by atoms with van der Waals surface area (Å²) < 4.78 is 14.6. The van der Waals surface area contributed by atoms with Crippen molar-refractivity contribution in [2.24, 2.45) is 0 Å². The van der Waals surface area contributed by atoms with Crippen molar-refractivity contribution < 1.29 is 14.3 Å². The number of nitrogens with zero attached hydrogens (tertiary/aromatic N) is 4. The standard InChI is InChI=1S/C18H21FN4O3/c1-21-8-10-22(11-9-21)17-18(26)23(15-5-2-13(19)3-6-15)12-14(20-17)4-7-16(24)25/h2-3,5-6,12H,4,7-11H2,1H3,(H,24,25). The van der Waals surface area contributed by atoms with E-state index in [1.165, 1.54) is 35.0 Å². The lowest BCUT2D eigenvalue weighted by atomic mass is 10.2. The van der Waals surface area contributed by atoms with Crippen LogP contribution in [0.2, 0.25) is 0 Å². The van der Waals surface area contributed by atoms with Crippen molar-refractivity contribution in [2.45, 2.75) is 12.8 Å². The second-order valence-corrected chi connectivity index (χ2v) is 6.39. The fourth-order valence-electron chi connectivity index (χ4n) is 2.90. The minimum absolute atomic E-state index is 0.0726. The topological polar surface area (TPSA) is 78.7 Å². The van der Waals surface area contributed by atoms with E-state index in [9.17, 15) is 14.0 Å². The lowest BCUT2D eigenvalue weighted by Crippen LogP contribution is -2.47. The maximum absolute atomic E-state index is 13.2. The van der Waals surface area contributed by atoms with E-state index in [1.807, 2.05) is 11.9 Å². The van der Waals surface area contributed by atoms with Gasteiger partial charge in [-0.15, -0.1) is 0 Å². The molecule has 1 aliphatic heterocycles. The summed E-state index contributed by atoms with van der Waals surface area (Å²) in [5.41, 5.74) is 0.747. The third-order valence-electron chi connectivity index (χ3n) is 4.44. The summed E-state index contributed by atoms with van der Waals surface area (Å²) in [4.78, 5) is 32.4. The van der Waals surface area contributed by atoms with Gasteiger partial charge < -0.3 is 14.9 Å². The van der Waals surface area contributed by atoms with Crippen LogP contribution in [0.1, 0.15) is 12.1 Å². The minimum Gasteiger partial charge on any atom is -0.481 e. The number of hydrogen-bond acceptors (Lipinski definition) is 5. The fraction of sp³-hybridized carbons (Fsp3) is 0.389. The molecule has 1 aliphatic rings. The number of anilines is 1. The molecule has 1 fully saturated rings. The molecule has 7 nitrogen and oxygen atoms in total. The molecule has 0 aliphatic carbocycles. The normalized spacial score (nSPS) is 15.2. The molecule has 0 saturated carbocycles. The van der Waals surface area contributed by atoms with Gasteiger partial charge in [-0.25, -0.2) is 9.37 Å². The highest BCUT2D eigenvalue weighted by Gasteiger charge is 2.21. The maximum Gasteiger partial charge on any atom is 0.303 e. The van der Waals surface area contributed by atoms with Crippen molar-refractivity contribution in [1.29, 1.82) is 0 Å². The van der Waals surface area contributed by atoms with E-state index in [1.54, 1.807) is 0 Å². The average Bonchev–Trinajstić information content (AvgIpc) is 2.62. The predicted octanol–water partition coefficient (Wildman–Crippen LogP) is 1.14. The number of carbonyl (C=O) groups is 1. The lowest BCUT2D eigenvalue weighted by Gasteiger charge is -2.33. The van der Waals surface area contributed by atoms with Crippen molar-refractivity contribution >= 4 is 11.8 Å². The second kappa shape index (κ2) is 7.65. The van der Waals surface area contributed by atoms with Crippen LogP contribution in [-0.2, 0) is 11.2 Å². The molecule has 8 heteroatoms. The summed E-state index contributed by atoms with van der Waals surface area (Å²) in [6.07, 6.45) is 1.69. The first-order chi connectivity index (χ1) is 12.4. The monoisotopic (exact) mass is 360 g/mol. The van der Waals surface area contributed by atoms with Crippen molar-refractivity contribution in [3.05, 3.63) is 52.3 Å². The first-order valence-electron chi connectivity index (χ1n) is 8.48. The van der Waals surface area contributed by atoms with Crippen LogP contribution in [-0.4, -0.2) is 58.8 Å². The number of benzene rings is 1. The Morgan fingerprint density at radius 2 is 1.85 bits per heavy atom. The van der Waals surface area contributed by atoms with Crippen molar-refractivity contribution in [3.63, 3.8) is 0 Å². The fourth-order valence-corrected chi connectivity index (χ4v) is 2.90. The van der Waals surface area contributed by atoms with Crippen LogP contribution in [0.15, 0.2) is 35.3 Å². The van der Waals surface area contributed by atoms with Crippen LogP contribution in [0.5, 0.6) is 0 Å². The van der Waals surface area contributed by atoms with Crippen molar-refractivity contribution in [1.82, 2.24) is 14.5 Å². The number of likely N-dealkylation sites (N-methyl/N-ethyl adjacent to an activating group) is 1. The van der Waals surface area contributed by atoms with Gasteiger partial charge in [-0.1, -0.05) is 0 Å². The maximum atomic E-state index is 13.2. The molecule has 1 N–H and O–H groups in total. The van der Waals surface area contributed by atoms with Crippen molar-refractivity contribution in [3.8, 4) is 5.69 Å². The second-order valence-electron chi connectivity index (χ2n) is 6.39. The van der Waals surface area contributed by atoms with E-state index < -0.39 is 5.97 Å². The highest BCUT2D eigenvalue weighted by molar-refractivity contribution is 5.67. The summed E-state index contributed by atoms with van der Waals surface area (Å²) in [7, 11) is 2.02. The largest absolute Gasteiger partial charge is 0.481 e.